The molecular formula is C11H16BrNOS. The van der Waals surface area contributed by atoms with E-state index in [1.165, 1.54) is 0 Å². The fourth-order valence-electron chi connectivity index (χ4n) is 1.41. The van der Waals surface area contributed by atoms with Crippen molar-refractivity contribution in [1.82, 2.24) is 0 Å². The molecule has 2 atom stereocenters. The molecule has 1 aromatic rings. The van der Waals surface area contributed by atoms with Crippen molar-refractivity contribution in [3.63, 3.8) is 0 Å². The highest BCUT2D eigenvalue weighted by Crippen LogP contribution is 2.24. The van der Waals surface area contributed by atoms with Gasteiger partial charge in [0, 0.05) is 15.4 Å². The highest BCUT2D eigenvalue weighted by Gasteiger charge is 2.15. The van der Waals surface area contributed by atoms with Gasteiger partial charge in [-0.05, 0) is 24.6 Å². The smallest absolute Gasteiger partial charge is 0.0631 e. The number of hydrogen-bond acceptors (Lipinski definition) is 2. The molecule has 0 radical (unpaired) electrons. The average molecular weight is 290 g/mol. The second-order valence-electron chi connectivity index (χ2n) is 3.58. The zero-order valence-corrected chi connectivity index (χ0v) is 11.4. The summed E-state index contributed by atoms with van der Waals surface area (Å²) in [5.41, 5.74) is 6.42. The molecule has 2 nitrogen and oxygen atoms in total. The summed E-state index contributed by atoms with van der Waals surface area (Å²) in [7, 11) is -1.00. The zero-order chi connectivity index (χ0) is 11.4. The lowest BCUT2D eigenvalue weighted by Crippen LogP contribution is -2.12. The lowest BCUT2D eigenvalue weighted by Gasteiger charge is -2.12. The van der Waals surface area contributed by atoms with Gasteiger partial charge >= 0.3 is 0 Å². The van der Waals surface area contributed by atoms with Crippen LogP contribution in [0.1, 0.15) is 26.7 Å². The molecule has 0 heterocycles. The summed E-state index contributed by atoms with van der Waals surface area (Å²) >= 11 is 3.36. The first kappa shape index (κ1) is 12.7. The van der Waals surface area contributed by atoms with Crippen molar-refractivity contribution in [3.05, 3.63) is 22.7 Å². The van der Waals surface area contributed by atoms with Crippen LogP contribution in [0.25, 0.3) is 0 Å². The van der Waals surface area contributed by atoms with Crippen molar-refractivity contribution in [2.24, 2.45) is 0 Å². The molecule has 0 bridgehead atoms. The molecule has 1 aromatic carbocycles. The first-order chi connectivity index (χ1) is 7.06. The Morgan fingerprint density at radius 1 is 1.53 bits per heavy atom. The maximum Gasteiger partial charge on any atom is 0.0631 e. The summed E-state index contributed by atoms with van der Waals surface area (Å²) in [5.74, 6) is 0. The quantitative estimate of drug-likeness (QED) is 0.864. The Kier molecular flexibility index (Phi) is 4.80. The summed E-state index contributed by atoms with van der Waals surface area (Å²) in [4.78, 5) is 0.741. The van der Waals surface area contributed by atoms with Crippen LogP contribution in [-0.4, -0.2) is 9.46 Å². The first-order valence-corrected chi connectivity index (χ1v) is 7.02. The Morgan fingerprint density at radius 3 is 2.80 bits per heavy atom. The maximum atomic E-state index is 12.1. The monoisotopic (exact) mass is 289 g/mol. The number of nitrogens with two attached hydrogens (primary N) is 1. The Bertz CT molecular complexity index is 368. The van der Waals surface area contributed by atoms with Gasteiger partial charge in [-0.1, -0.05) is 36.2 Å². The third-order valence-corrected chi connectivity index (χ3v) is 4.50. The van der Waals surface area contributed by atoms with Gasteiger partial charge in [0.25, 0.3) is 0 Å². The Labute approximate surface area is 102 Å². The van der Waals surface area contributed by atoms with Gasteiger partial charge in [0.15, 0.2) is 0 Å². The minimum atomic E-state index is -1.00. The van der Waals surface area contributed by atoms with Crippen molar-refractivity contribution in [2.45, 2.75) is 36.8 Å². The van der Waals surface area contributed by atoms with Gasteiger partial charge in [-0.15, -0.1) is 0 Å². The van der Waals surface area contributed by atoms with Gasteiger partial charge in [0.1, 0.15) is 0 Å². The summed E-state index contributed by atoms with van der Waals surface area (Å²) in [6, 6.07) is 5.49. The number of rotatable bonds is 4. The van der Waals surface area contributed by atoms with E-state index in [4.69, 9.17) is 5.73 Å². The van der Waals surface area contributed by atoms with Crippen LogP contribution >= 0.6 is 15.9 Å². The van der Waals surface area contributed by atoms with Crippen molar-refractivity contribution in [2.75, 3.05) is 5.73 Å². The van der Waals surface area contributed by atoms with E-state index in [1.54, 1.807) is 6.07 Å². The van der Waals surface area contributed by atoms with E-state index in [-0.39, 0.29) is 5.25 Å². The molecule has 2 unspecified atom stereocenters. The summed E-state index contributed by atoms with van der Waals surface area (Å²) < 4.78 is 13.0. The topological polar surface area (TPSA) is 43.1 Å². The number of halogens is 1. The van der Waals surface area contributed by atoms with E-state index >= 15 is 0 Å². The van der Waals surface area contributed by atoms with Gasteiger partial charge < -0.3 is 5.73 Å². The third kappa shape index (κ3) is 3.31. The Hall–Kier alpha value is -0.350. The molecule has 84 valence electrons. The molecule has 4 heteroatoms. The largest absolute Gasteiger partial charge is 0.398 e. The van der Waals surface area contributed by atoms with E-state index < -0.39 is 10.8 Å². The van der Waals surface area contributed by atoms with Gasteiger partial charge in [-0.2, -0.15) is 0 Å². The molecule has 0 aromatic heterocycles. The normalized spacial score (nSPS) is 14.9. The summed E-state index contributed by atoms with van der Waals surface area (Å²) in [6.45, 7) is 4.10. The molecule has 0 saturated carbocycles. The number of nitrogen functional groups attached to an aromatic ring is 1. The maximum absolute atomic E-state index is 12.1. The molecule has 15 heavy (non-hydrogen) atoms. The van der Waals surface area contributed by atoms with Crippen LogP contribution in [0.3, 0.4) is 0 Å². The minimum absolute atomic E-state index is 0.159. The Morgan fingerprint density at radius 2 is 2.20 bits per heavy atom. The molecular weight excluding hydrogens is 274 g/mol. The molecule has 0 aliphatic heterocycles. The van der Waals surface area contributed by atoms with Crippen molar-refractivity contribution >= 4 is 32.4 Å². The lowest BCUT2D eigenvalue weighted by molar-refractivity contribution is 0.662. The van der Waals surface area contributed by atoms with Crippen LogP contribution in [0.5, 0.6) is 0 Å². The van der Waals surface area contributed by atoms with Crippen LogP contribution in [0.2, 0.25) is 0 Å². The standard InChI is InChI=1S/C11H16BrNOS/c1-3-4-8(2)15(14)11-7-9(12)5-6-10(11)13/h5-8H,3-4,13H2,1-2H3. The van der Waals surface area contributed by atoms with E-state index in [1.807, 2.05) is 19.1 Å². The first-order valence-electron chi connectivity index (χ1n) is 5.01. The van der Waals surface area contributed by atoms with Crippen LogP contribution in [-0.2, 0) is 10.8 Å². The second-order valence-corrected chi connectivity index (χ2v) is 6.33. The average Bonchev–Trinajstić information content (AvgIpc) is 2.21. The molecule has 0 saturated heterocycles. The van der Waals surface area contributed by atoms with Crippen molar-refractivity contribution < 1.29 is 4.21 Å². The molecule has 0 spiro atoms. The van der Waals surface area contributed by atoms with Gasteiger partial charge in [-0.25, -0.2) is 0 Å². The summed E-state index contributed by atoms with van der Waals surface area (Å²) in [6.07, 6.45) is 2.00. The number of anilines is 1. The van der Waals surface area contributed by atoms with Crippen molar-refractivity contribution in [3.8, 4) is 0 Å². The fourth-order valence-corrected chi connectivity index (χ4v) is 3.35. The summed E-state index contributed by atoms with van der Waals surface area (Å²) in [5, 5.41) is 0.159. The van der Waals surface area contributed by atoms with Gasteiger partial charge in [0.2, 0.25) is 0 Å². The predicted octanol–water partition coefficient (Wildman–Crippen LogP) is 3.33. The molecule has 0 fully saturated rings. The number of benzene rings is 1. The van der Waals surface area contributed by atoms with E-state index in [0.717, 1.165) is 22.2 Å². The highest BCUT2D eigenvalue weighted by atomic mass is 79.9. The molecule has 0 aliphatic carbocycles. The van der Waals surface area contributed by atoms with Crippen LogP contribution in [0, 0.1) is 0 Å². The highest BCUT2D eigenvalue weighted by molar-refractivity contribution is 9.10. The van der Waals surface area contributed by atoms with E-state index in [0.29, 0.717) is 5.69 Å². The molecule has 1 rings (SSSR count). The third-order valence-electron chi connectivity index (χ3n) is 2.25. The molecule has 0 aliphatic rings. The SMILES string of the molecule is CCCC(C)S(=O)c1cc(Br)ccc1N. The van der Waals surface area contributed by atoms with Crippen LogP contribution in [0.4, 0.5) is 5.69 Å². The zero-order valence-electron chi connectivity index (χ0n) is 9.00. The molecule has 0 amide bonds. The number of hydrogen-bond donors (Lipinski definition) is 1. The second kappa shape index (κ2) is 5.66. The fraction of sp³-hybridized carbons (Fsp3) is 0.455. The van der Waals surface area contributed by atoms with Crippen molar-refractivity contribution in [1.29, 1.82) is 0 Å². The van der Waals surface area contributed by atoms with E-state index in [2.05, 4.69) is 22.9 Å². The Balaban J connectivity index is 2.95. The van der Waals surface area contributed by atoms with Crippen LogP contribution < -0.4 is 5.73 Å². The van der Waals surface area contributed by atoms with E-state index in [9.17, 15) is 4.21 Å². The molecule has 2 N–H and O–H groups in total. The lowest BCUT2D eigenvalue weighted by atomic mass is 10.3. The van der Waals surface area contributed by atoms with Gasteiger partial charge in [0.05, 0.1) is 15.7 Å². The van der Waals surface area contributed by atoms with Gasteiger partial charge in [-0.3, -0.25) is 4.21 Å². The predicted molar refractivity (Wildman–Crippen MR) is 69.3 cm³/mol. The van der Waals surface area contributed by atoms with Crippen LogP contribution in [0.15, 0.2) is 27.6 Å². The minimum Gasteiger partial charge on any atom is -0.398 e.